The summed E-state index contributed by atoms with van der Waals surface area (Å²) < 4.78 is 5.61. The molecule has 0 aliphatic rings. The molecule has 102 valence electrons. The highest BCUT2D eigenvalue weighted by Gasteiger charge is 2.04. The van der Waals surface area contributed by atoms with Crippen molar-refractivity contribution in [1.29, 1.82) is 0 Å². The maximum Gasteiger partial charge on any atom is 0.144 e. The van der Waals surface area contributed by atoms with Gasteiger partial charge < -0.3 is 15.8 Å². The number of nitrogens with two attached hydrogens (primary N) is 1. The normalized spacial score (nSPS) is 10.4. The van der Waals surface area contributed by atoms with Crippen molar-refractivity contribution in [2.24, 2.45) is 0 Å². The van der Waals surface area contributed by atoms with Crippen molar-refractivity contribution in [3.63, 3.8) is 0 Å². The Morgan fingerprint density at radius 3 is 2.95 bits per heavy atom. The number of nitrogens with zero attached hydrogens (tertiary/aromatic N) is 1. The molecule has 19 heavy (non-hydrogen) atoms. The van der Waals surface area contributed by atoms with Crippen LogP contribution in [0, 0.1) is 6.92 Å². The first kappa shape index (κ1) is 13.7. The SMILES string of the molecule is CCCOc1cc(NCc2scnc2C)ccc1N. The summed E-state index contributed by atoms with van der Waals surface area (Å²) in [5.74, 6) is 0.743. The third-order valence-electron chi connectivity index (χ3n) is 2.77. The van der Waals surface area contributed by atoms with Crippen LogP contribution in [0.5, 0.6) is 5.75 Å². The fourth-order valence-electron chi connectivity index (χ4n) is 1.66. The number of nitrogens with one attached hydrogen (secondary N) is 1. The van der Waals surface area contributed by atoms with Crippen LogP contribution in [-0.4, -0.2) is 11.6 Å². The molecule has 1 aromatic heterocycles. The largest absolute Gasteiger partial charge is 0.491 e. The van der Waals surface area contributed by atoms with Crippen molar-refractivity contribution in [2.75, 3.05) is 17.7 Å². The molecule has 0 amide bonds. The highest BCUT2D eigenvalue weighted by Crippen LogP contribution is 2.26. The molecule has 0 fully saturated rings. The Hall–Kier alpha value is -1.75. The summed E-state index contributed by atoms with van der Waals surface area (Å²) in [6, 6.07) is 5.78. The molecule has 0 aliphatic carbocycles. The molecule has 5 heteroatoms. The molecule has 0 radical (unpaired) electrons. The van der Waals surface area contributed by atoms with Crippen LogP contribution < -0.4 is 15.8 Å². The van der Waals surface area contributed by atoms with Crippen molar-refractivity contribution in [2.45, 2.75) is 26.8 Å². The second-order valence-corrected chi connectivity index (χ2v) is 5.25. The minimum atomic E-state index is 0.674. The van der Waals surface area contributed by atoms with E-state index < -0.39 is 0 Å². The average molecular weight is 277 g/mol. The van der Waals surface area contributed by atoms with Gasteiger partial charge in [-0.3, -0.25) is 0 Å². The molecule has 0 unspecified atom stereocenters. The highest BCUT2D eigenvalue weighted by atomic mass is 32.1. The first-order valence-corrected chi connectivity index (χ1v) is 7.24. The quantitative estimate of drug-likeness (QED) is 0.794. The molecule has 0 saturated carbocycles. The number of rotatable bonds is 6. The molecule has 0 aliphatic heterocycles. The zero-order valence-electron chi connectivity index (χ0n) is 11.3. The number of benzene rings is 1. The maximum absolute atomic E-state index is 5.88. The number of nitrogen functional groups attached to an aromatic ring is 1. The van der Waals surface area contributed by atoms with E-state index in [1.54, 1.807) is 11.3 Å². The Labute approximate surface area is 117 Å². The van der Waals surface area contributed by atoms with Crippen LogP contribution in [0.4, 0.5) is 11.4 Å². The Morgan fingerprint density at radius 1 is 1.42 bits per heavy atom. The van der Waals surface area contributed by atoms with E-state index >= 15 is 0 Å². The Balaban J connectivity index is 2.02. The molecule has 4 nitrogen and oxygen atoms in total. The van der Waals surface area contributed by atoms with Gasteiger partial charge in [-0.1, -0.05) is 6.92 Å². The summed E-state index contributed by atoms with van der Waals surface area (Å²) in [6.07, 6.45) is 0.969. The van der Waals surface area contributed by atoms with Gasteiger partial charge in [0.15, 0.2) is 0 Å². The third-order valence-corrected chi connectivity index (χ3v) is 3.71. The highest BCUT2D eigenvalue weighted by molar-refractivity contribution is 7.09. The van der Waals surface area contributed by atoms with Crippen LogP contribution in [0.2, 0.25) is 0 Å². The molecule has 2 aromatic rings. The van der Waals surface area contributed by atoms with Crippen molar-refractivity contribution >= 4 is 22.7 Å². The van der Waals surface area contributed by atoms with Crippen molar-refractivity contribution < 1.29 is 4.74 Å². The summed E-state index contributed by atoms with van der Waals surface area (Å²) in [7, 11) is 0. The molecular formula is C14H19N3OS. The lowest BCUT2D eigenvalue weighted by atomic mass is 10.2. The van der Waals surface area contributed by atoms with Crippen LogP contribution >= 0.6 is 11.3 Å². The van der Waals surface area contributed by atoms with Crippen molar-refractivity contribution in [1.82, 2.24) is 4.98 Å². The van der Waals surface area contributed by atoms with Gasteiger partial charge in [-0.15, -0.1) is 11.3 Å². The molecule has 3 N–H and O–H groups in total. The number of hydrogen-bond acceptors (Lipinski definition) is 5. The maximum atomic E-state index is 5.88. The van der Waals surface area contributed by atoms with Crippen LogP contribution in [-0.2, 0) is 6.54 Å². The van der Waals surface area contributed by atoms with E-state index in [0.717, 1.165) is 30.1 Å². The molecule has 1 heterocycles. The zero-order valence-corrected chi connectivity index (χ0v) is 12.1. The van der Waals surface area contributed by atoms with E-state index in [0.29, 0.717) is 12.3 Å². The summed E-state index contributed by atoms with van der Waals surface area (Å²) in [5.41, 5.74) is 10.5. The number of aryl methyl sites for hydroxylation is 1. The van der Waals surface area contributed by atoms with Crippen molar-refractivity contribution in [3.8, 4) is 5.75 Å². The first-order chi connectivity index (χ1) is 9.20. The molecule has 1 aromatic carbocycles. The first-order valence-electron chi connectivity index (χ1n) is 6.36. The van der Waals surface area contributed by atoms with Gasteiger partial charge in [-0.2, -0.15) is 0 Å². The van der Waals surface area contributed by atoms with Gasteiger partial charge in [-0.25, -0.2) is 4.98 Å². The topological polar surface area (TPSA) is 60.2 Å². The predicted molar refractivity (Wildman–Crippen MR) is 80.8 cm³/mol. The smallest absolute Gasteiger partial charge is 0.144 e. The average Bonchev–Trinajstić information content (AvgIpc) is 2.82. The standard InChI is InChI=1S/C14H19N3OS/c1-3-6-18-13-7-11(4-5-12(13)15)16-8-14-10(2)17-9-19-14/h4-5,7,9,16H,3,6,8,15H2,1-2H3. The van der Waals surface area contributed by atoms with Gasteiger partial charge in [-0.05, 0) is 25.5 Å². The van der Waals surface area contributed by atoms with Crippen molar-refractivity contribution in [3.05, 3.63) is 34.3 Å². The van der Waals surface area contributed by atoms with Gasteiger partial charge in [0.25, 0.3) is 0 Å². The van der Waals surface area contributed by atoms with E-state index in [4.69, 9.17) is 10.5 Å². The summed E-state index contributed by atoms with van der Waals surface area (Å²) in [5, 5.41) is 3.37. The van der Waals surface area contributed by atoms with Gasteiger partial charge in [0.05, 0.1) is 30.0 Å². The van der Waals surface area contributed by atoms with E-state index in [1.165, 1.54) is 4.88 Å². The number of aromatic nitrogens is 1. The second kappa shape index (κ2) is 6.43. The minimum Gasteiger partial charge on any atom is -0.491 e. The second-order valence-electron chi connectivity index (χ2n) is 4.32. The van der Waals surface area contributed by atoms with Crippen LogP contribution in [0.1, 0.15) is 23.9 Å². The van der Waals surface area contributed by atoms with E-state index in [2.05, 4.69) is 17.2 Å². The Kier molecular flexibility index (Phi) is 4.63. The lowest BCUT2D eigenvalue weighted by Gasteiger charge is -2.11. The lowest BCUT2D eigenvalue weighted by molar-refractivity contribution is 0.319. The van der Waals surface area contributed by atoms with E-state index in [1.807, 2.05) is 30.6 Å². The zero-order chi connectivity index (χ0) is 13.7. The van der Waals surface area contributed by atoms with Gasteiger partial charge >= 0.3 is 0 Å². The third kappa shape index (κ3) is 3.61. The molecule has 2 rings (SSSR count). The fraction of sp³-hybridized carbons (Fsp3) is 0.357. The molecular weight excluding hydrogens is 258 g/mol. The van der Waals surface area contributed by atoms with Crippen LogP contribution in [0.25, 0.3) is 0 Å². The molecule has 0 bridgehead atoms. The van der Waals surface area contributed by atoms with Crippen LogP contribution in [0.3, 0.4) is 0 Å². The minimum absolute atomic E-state index is 0.674. The van der Waals surface area contributed by atoms with E-state index in [-0.39, 0.29) is 0 Å². The molecule has 0 saturated heterocycles. The molecule has 0 spiro atoms. The predicted octanol–water partition coefficient (Wildman–Crippen LogP) is 3.43. The number of ether oxygens (including phenoxy) is 1. The lowest BCUT2D eigenvalue weighted by Crippen LogP contribution is -2.02. The fourth-order valence-corrected chi connectivity index (χ4v) is 2.38. The van der Waals surface area contributed by atoms with Gasteiger partial charge in [0.2, 0.25) is 0 Å². The molecule has 0 atom stereocenters. The number of hydrogen-bond donors (Lipinski definition) is 2. The van der Waals surface area contributed by atoms with Gasteiger partial charge in [0.1, 0.15) is 5.75 Å². The van der Waals surface area contributed by atoms with Crippen LogP contribution in [0.15, 0.2) is 23.7 Å². The van der Waals surface area contributed by atoms with Gasteiger partial charge in [0, 0.05) is 16.6 Å². The number of anilines is 2. The summed E-state index contributed by atoms with van der Waals surface area (Å²) in [4.78, 5) is 5.48. The number of thiazole rings is 1. The Bertz CT molecular complexity index is 539. The van der Waals surface area contributed by atoms with E-state index in [9.17, 15) is 0 Å². The summed E-state index contributed by atoms with van der Waals surface area (Å²) >= 11 is 1.66. The Morgan fingerprint density at radius 2 is 2.26 bits per heavy atom. The monoisotopic (exact) mass is 277 g/mol. The summed E-state index contributed by atoms with van der Waals surface area (Å²) in [6.45, 7) is 5.55.